The second-order valence-electron chi connectivity index (χ2n) is 7.16. The zero-order chi connectivity index (χ0) is 15.6. The molecule has 120 valence electrons. The molecule has 4 heteroatoms. The summed E-state index contributed by atoms with van der Waals surface area (Å²) in [7, 11) is 0. The molecule has 1 unspecified atom stereocenters. The van der Waals surface area contributed by atoms with E-state index < -0.39 is 6.04 Å². The first-order chi connectivity index (χ1) is 9.06. The number of nitrogens with two attached hydrogens (primary N) is 1. The van der Waals surface area contributed by atoms with Gasteiger partial charge in [-0.3, -0.25) is 4.79 Å². The second-order valence-corrected chi connectivity index (χ2v) is 7.16. The van der Waals surface area contributed by atoms with E-state index >= 15 is 0 Å². The van der Waals surface area contributed by atoms with Crippen molar-refractivity contribution in [1.29, 1.82) is 0 Å². The van der Waals surface area contributed by atoms with E-state index in [1.54, 1.807) is 0 Å². The molecule has 0 saturated heterocycles. The zero-order valence-corrected chi connectivity index (χ0v) is 14.8. The molecule has 0 aliphatic rings. The first kappa shape index (κ1) is 19.9. The molecule has 1 rings (SSSR count). The molecule has 0 fully saturated rings. The van der Waals surface area contributed by atoms with Gasteiger partial charge in [0.05, 0.1) is 6.04 Å². The Morgan fingerprint density at radius 2 is 1.57 bits per heavy atom. The van der Waals surface area contributed by atoms with Crippen LogP contribution < -0.4 is 11.1 Å². The Balaban J connectivity index is 0.00000400. The Hall–Kier alpha value is -1.06. The van der Waals surface area contributed by atoms with Crippen LogP contribution in [0.1, 0.15) is 47.1 Å². The molecule has 1 amide bonds. The van der Waals surface area contributed by atoms with Crippen molar-refractivity contribution in [3.8, 4) is 0 Å². The third-order valence-corrected chi connectivity index (χ3v) is 4.17. The SMILES string of the molecule is CC(NC(=O)[C@@H](N)C(C)(C)C)C(C)(C)c1ccccc1.Cl. The minimum atomic E-state index is -0.503. The standard InChI is InChI=1S/C17H28N2O.ClH/c1-12(19-15(20)14(18)16(2,3)4)17(5,6)13-10-8-7-9-11-13;/h7-12,14H,18H2,1-6H3,(H,19,20);1H/t12?,14-;/m1./s1. The molecule has 0 aromatic heterocycles. The van der Waals surface area contributed by atoms with Crippen molar-refractivity contribution in [2.45, 2.75) is 59.0 Å². The van der Waals surface area contributed by atoms with E-state index in [0.717, 1.165) is 0 Å². The fourth-order valence-electron chi connectivity index (χ4n) is 1.99. The topological polar surface area (TPSA) is 55.1 Å². The van der Waals surface area contributed by atoms with Crippen LogP contribution in [0.15, 0.2) is 30.3 Å². The minimum Gasteiger partial charge on any atom is -0.351 e. The molecule has 3 N–H and O–H groups in total. The number of rotatable bonds is 4. The Labute approximate surface area is 135 Å². The van der Waals surface area contributed by atoms with Gasteiger partial charge in [-0.1, -0.05) is 65.0 Å². The van der Waals surface area contributed by atoms with E-state index in [-0.39, 0.29) is 35.2 Å². The first-order valence-electron chi connectivity index (χ1n) is 7.18. The number of hydrogen-bond donors (Lipinski definition) is 2. The third kappa shape index (κ3) is 5.01. The van der Waals surface area contributed by atoms with Gasteiger partial charge in [-0.05, 0) is 17.9 Å². The Bertz CT molecular complexity index is 452. The van der Waals surface area contributed by atoms with Crippen LogP contribution in [0.5, 0.6) is 0 Å². The molecule has 0 aliphatic carbocycles. The molecule has 1 aromatic carbocycles. The summed E-state index contributed by atoms with van der Waals surface area (Å²) < 4.78 is 0. The molecule has 3 nitrogen and oxygen atoms in total. The summed E-state index contributed by atoms with van der Waals surface area (Å²) in [4.78, 5) is 12.2. The normalized spacial score (nSPS) is 14.8. The van der Waals surface area contributed by atoms with Gasteiger partial charge in [0.15, 0.2) is 0 Å². The number of nitrogens with one attached hydrogen (secondary N) is 1. The molecular weight excluding hydrogens is 284 g/mol. The van der Waals surface area contributed by atoms with Gasteiger partial charge in [-0.2, -0.15) is 0 Å². The number of halogens is 1. The summed E-state index contributed by atoms with van der Waals surface area (Å²) in [5.74, 6) is -0.0889. The molecular formula is C17H29ClN2O. The fourth-order valence-corrected chi connectivity index (χ4v) is 1.99. The molecule has 2 atom stereocenters. The van der Waals surface area contributed by atoms with Gasteiger partial charge in [0.25, 0.3) is 0 Å². The van der Waals surface area contributed by atoms with Crippen molar-refractivity contribution in [2.24, 2.45) is 11.1 Å². The molecule has 0 radical (unpaired) electrons. The molecule has 0 aliphatic heterocycles. The maximum atomic E-state index is 12.2. The van der Waals surface area contributed by atoms with Crippen LogP contribution in [0.4, 0.5) is 0 Å². The highest BCUT2D eigenvalue weighted by Gasteiger charge is 2.33. The lowest BCUT2D eigenvalue weighted by atomic mass is 9.78. The van der Waals surface area contributed by atoms with E-state index in [1.165, 1.54) is 5.56 Å². The van der Waals surface area contributed by atoms with E-state index in [0.29, 0.717) is 0 Å². The summed E-state index contributed by atoms with van der Waals surface area (Å²) in [5, 5.41) is 3.06. The van der Waals surface area contributed by atoms with Gasteiger partial charge in [-0.25, -0.2) is 0 Å². The number of benzene rings is 1. The van der Waals surface area contributed by atoms with Crippen LogP contribution in [0.2, 0.25) is 0 Å². The number of carbonyl (C=O) groups excluding carboxylic acids is 1. The predicted octanol–water partition coefficient (Wildman–Crippen LogP) is 3.26. The van der Waals surface area contributed by atoms with Crippen LogP contribution in [-0.2, 0) is 10.2 Å². The highest BCUT2D eigenvalue weighted by molar-refractivity contribution is 5.85. The predicted molar refractivity (Wildman–Crippen MR) is 91.8 cm³/mol. The van der Waals surface area contributed by atoms with E-state index in [9.17, 15) is 4.79 Å². The van der Waals surface area contributed by atoms with Gasteiger partial charge in [0.2, 0.25) is 5.91 Å². The van der Waals surface area contributed by atoms with Crippen LogP contribution in [-0.4, -0.2) is 18.0 Å². The van der Waals surface area contributed by atoms with Gasteiger partial charge in [0.1, 0.15) is 0 Å². The zero-order valence-electron chi connectivity index (χ0n) is 13.9. The van der Waals surface area contributed by atoms with Crippen LogP contribution >= 0.6 is 12.4 Å². The average molecular weight is 313 g/mol. The maximum Gasteiger partial charge on any atom is 0.237 e. The molecule has 1 aromatic rings. The Morgan fingerprint density at radius 3 is 2.00 bits per heavy atom. The minimum absolute atomic E-state index is 0. The summed E-state index contributed by atoms with van der Waals surface area (Å²) in [6.45, 7) is 12.2. The molecule has 0 heterocycles. The fraction of sp³-hybridized carbons (Fsp3) is 0.588. The van der Waals surface area contributed by atoms with E-state index in [1.807, 2.05) is 45.9 Å². The highest BCUT2D eigenvalue weighted by atomic mass is 35.5. The number of carbonyl (C=O) groups is 1. The molecule has 0 spiro atoms. The average Bonchev–Trinajstić information content (AvgIpc) is 2.37. The van der Waals surface area contributed by atoms with Crippen molar-refractivity contribution in [2.75, 3.05) is 0 Å². The lowest BCUT2D eigenvalue weighted by Crippen LogP contribution is -2.54. The smallest absolute Gasteiger partial charge is 0.237 e. The Morgan fingerprint density at radius 1 is 1.10 bits per heavy atom. The lowest BCUT2D eigenvalue weighted by molar-refractivity contribution is -0.125. The van der Waals surface area contributed by atoms with Crippen LogP contribution in [0, 0.1) is 5.41 Å². The van der Waals surface area contributed by atoms with Crippen LogP contribution in [0.25, 0.3) is 0 Å². The van der Waals surface area contributed by atoms with E-state index in [2.05, 4.69) is 31.3 Å². The van der Waals surface area contributed by atoms with Crippen LogP contribution in [0.3, 0.4) is 0 Å². The molecule has 21 heavy (non-hydrogen) atoms. The van der Waals surface area contributed by atoms with Crippen molar-refractivity contribution in [3.63, 3.8) is 0 Å². The number of hydrogen-bond acceptors (Lipinski definition) is 2. The van der Waals surface area contributed by atoms with Gasteiger partial charge in [0, 0.05) is 11.5 Å². The molecule has 0 saturated carbocycles. The summed E-state index contributed by atoms with van der Waals surface area (Å²) >= 11 is 0. The van der Waals surface area contributed by atoms with Crippen molar-refractivity contribution >= 4 is 18.3 Å². The third-order valence-electron chi connectivity index (χ3n) is 4.17. The largest absolute Gasteiger partial charge is 0.351 e. The van der Waals surface area contributed by atoms with Crippen molar-refractivity contribution in [3.05, 3.63) is 35.9 Å². The second kappa shape index (κ2) is 7.28. The Kier molecular flexibility index (Phi) is 6.91. The maximum absolute atomic E-state index is 12.2. The first-order valence-corrected chi connectivity index (χ1v) is 7.18. The van der Waals surface area contributed by atoms with Crippen molar-refractivity contribution < 1.29 is 4.79 Å². The van der Waals surface area contributed by atoms with Gasteiger partial charge in [-0.15, -0.1) is 12.4 Å². The van der Waals surface area contributed by atoms with Gasteiger partial charge < -0.3 is 11.1 Å². The summed E-state index contributed by atoms with van der Waals surface area (Å²) in [5.41, 5.74) is 6.84. The molecule has 0 bridgehead atoms. The number of amides is 1. The quantitative estimate of drug-likeness (QED) is 0.896. The lowest BCUT2D eigenvalue weighted by Gasteiger charge is -2.35. The van der Waals surface area contributed by atoms with E-state index in [4.69, 9.17) is 5.73 Å². The van der Waals surface area contributed by atoms with Crippen molar-refractivity contribution in [1.82, 2.24) is 5.32 Å². The monoisotopic (exact) mass is 312 g/mol. The summed E-state index contributed by atoms with van der Waals surface area (Å²) in [6, 6.07) is 9.72. The van der Waals surface area contributed by atoms with Gasteiger partial charge >= 0.3 is 0 Å². The highest BCUT2D eigenvalue weighted by Crippen LogP contribution is 2.27. The summed E-state index contributed by atoms with van der Waals surface area (Å²) in [6.07, 6.45) is 0.